The summed E-state index contributed by atoms with van der Waals surface area (Å²) in [5, 5.41) is 9.86. The molecule has 1 saturated heterocycles. The number of hydrogen-bond donors (Lipinski definition) is 2. The van der Waals surface area contributed by atoms with Crippen molar-refractivity contribution in [3.63, 3.8) is 0 Å². The van der Waals surface area contributed by atoms with Crippen LogP contribution in [0.3, 0.4) is 0 Å². The summed E-state index contributed by atoms with van der Waals surface area (Å²) in [5.74, 6) is -2.36. The molecule has 8 nitrogen and oxygen atoms in total. The van der Waals surface area contributed by atoms with E-state index in [1.54, 1.807) is 30.0 Å². The van der Waals surface area contributed by atoms with Crippen LogP contribution in [0, 0.1) is 0 Å². The molecule has 3 heterocycles. The molecule has 1 aliphatic carbocycles. The van der Waals surface area contributed by atoms with Crippen molar-refractivity contribution in [3.8, 4) is 17.0 Å². The summed E-state index contributed by atoms with van der Waals surface area (Å²) in [5.41, 5.74) is 1.87. The molecule has 0 radical (unpaired) electrons. The van der Waals surface area contributed by atoms with Gasteiger partial charge in [-0.25, -0.2) is 23.1 Å². The third-order valence-corrected chi connectivity index (χ3v) is 7.12. The summed E-state index contributed by atoms with van der Waals surface area (Å²) in [6.07, 6.45) is 0.885. The number of aromatic nitrogens is 2. The van der Waals surface area contributed by atoms with Crippen molar-refractivity contribution in [2.75, 3.05) is 24.3 Å². The van der Waals surface area contributed by atoms with Crippen molar-refractivity contribution in [1.82, 2.24) is 14.7 Å². The number of rotatable bonds is 4. The first-order valence-electron chi connectivity index (χ1n) is 10.5. The van der Waals surface area contributed by atoms with Gasteiger partial charge < -0.3 is 14.7 Å². The topological polar surface area (TPSA) is 105 Å². The van der Waals surface area contributed by atoms with E-state index in [0.717, 1.165) is 6.26 Å². The van der Waals surface area contributed by atoms with Gasteiger partial charge in [0, 0.05) is 36.1 Å². The Morgan fingerprint density at radius 2 is 2.09 bits per heavy atom. The zero-order valence-electron chi connectivity index (χ0n) is 17.7. The van der Waals surface area contributed by atoms with Crippen molar-refractivity contribution < 1.29 is 27.0 Å². The van der Waals surface area contributed by atoms with Crippen LogP contribution in [-0.4, -0.2) is 55.0 Å². The SMILES string of the molecule is C[C@H]1[C@H](O)CN1c1nc(-c2ccc3c(c2)OCC[C@@H]3NS(C)(=O)=O)c2c(n1)C(F)(F)CC2. The van der Waals surface area contributed by atoms with E-state index in [1.165, 1.54) is 0 Å². The number of anilines is 1. The first-order chi connectivity index (χ1) is 15.0. The van der Waals surface area contributed by atoms with Gasteiger partial charge in [0.1, 0.15) is 11.4 Å². The quantitative estimate of drug-likeness (QED) is 0.711. The molecule has 2 aliphatic heterocycles. The zero-order valence-corrected chi connectivity index (χ0v) is 18.5. The lowest BCUT2D eigenvalue weighted by Gasteiger charge is -2.43. The number of alkyl halides is 2. The first kappa shape index (κ1) is 21.5. The van der Waals surface area contributed by atoms with E-state index in [4.69, 9.17) is 4.74 Å². The number of aliphatic hydroxyl groups is 1. The Balaban J connectivity index is 1.59. The highest BCUT2D eigenvalue weighted by Crippen LogP contribution is 2.46. The molecule has 3 atom stereocenters. The molecule has 0 saturated carbocycles. The highest BCUT2D eigenvalue weighted by Gasteiger charge is 2.45. The van der Waals surface area contributed by atoms with Crippen LogP contribution in [0.2, 0.25) is 0 Å². The molecule has 0 amide bonds. The minimum atomic E-state index is -3.41. The predicted molar refractivity (Wildman–Crippen MR) is 113 cm³/mol. The molecule has 5 rings (SSSR count). The predicted octanol–water partition coefficient (Wildman–Crippen LogP) is 2.12. The van der Waals surface area contributed by atoms with Gasteiger partial charge in [-0.05, 0) is 19.4 Å². The number of ether oxygens (including phenoxy) is 1. The monoisotopic (exact) mass is 466 g/mol. The van der Waals surface area contributed by atoms with Crippen LogP contribution in [0.4, 0.5) is 14.7 Å². The average molecular weight is 467 g/mol. The highest BCUT2D eigenvalue weighted by molar-refractivity contribution is 7.88. The summed E-state index contributed by atoms with van der Waals surface area (Å²) in [4.78, 5) is 10.5. The Labute approximate surface area is 184 Å². The Bertz CT molecular complexity index is 1190. The molecule has 0 spiro atoms. The third kappa shape index (κ3) is 3.61. The molecule has 32 heavy (non-hydrogen) atoms. The van der Waals surface area contributed by atoms with Crippen molar-refractivity contribution in [1.29, 1.82) is 0 Å². The van der Waals surface area contributed by atoms with Gasteiger partial charge in [0.2, 0.25) is 16.0 Å². The summed E-state index contributed by atoms with van der Waals surface area (Å²) >= 11 is 0. The van der Waals surface area contributed by atoms with E-state index in [-0.39, 0.29) is 37.1 Å². The lowest BCUT2D eigenvalue weighted by molar-refractivity contribution is -0.00603. The van der Waals surface area contributed by atoms with Crippen LogP contribution in [0.25, 0.3) is 11.3 Å². The Kier molecular flexibility index (Phi) is 4.91. The number of aliphatic hydroxyl groups excluding tert-OH is 1. The maximum absolute atomic E-state index is 14.6. The molecule has 0 unspecified atom stereocenters. The Morgan fingerprint density at radius 3 is 2.78 bits per heavy atom. The standard InChI is InChI=1S/C21H24F2N4O4S/c1-11-16(28)10-27(11)20-24-18(14-5-7-21(22,23)19(14)25-20)12-3-4-13-15(26-32(2,29)30)6-8-31-17(13)9-12/h3-4,9,11,15-16,26,28H,5-8,10H2,1-2H3/t11-,15-,16+/m0/s1. The Hall–Kier alpha value is -2.37. The van der Waals surface area contributed by atoms with Gasteiger partial charge in [-0.3, -0.25) is 0 Å². The summed E-state index contributed by atoms with van der Waals surface area (Å²) in [6.45, 7) is 2.42. The van der Waals surface area contributed by atoms with E-state index >= 15 is 0 Å². The molecule has 2 aromatic rings. The van der Waals surface area contributed by atoms with E-state index in [2.05, 4.69) is 14.7 Å². The van der Waals surface area contributed by atoms with Gasteiger partial charge in [0.05, 0.1) is 36.7 Å². The molecule has 172 valence electrons. The maximum Gasteiger partial charge on any atom is 0.290 e. The zero-order chi connectivity index (χ0) is 22.8. The van der Waals surface area contributed by atoms with Crippen molar-refractivity contribution in [2.45, 2.75) is 50.3 Å². The number of β-amino-alcohol motifs (C(OH)–C–C–N with tert-alkyl or cyclic N) is 1. The molecule has 1 aromatic heterocycles. The number of hydrogen-bond acceptors (Lipinski definition) is 7. The lowest BCUT2D eigenvalue weighted by Crippen LogP contribution is -2.59. The maximum atomic E-state index is 14.6. The van der Waals surface area contributed by atoms with Gasteiger partial charge in [0.25, 0.3) is 5.92 Å². The van der Waals surface area contributed by atoms with Gasteiger partial charge in [-0.15, -0.1) is 0 Å². The number of nitrogens with zero attached hydrogens (tertiary/aromatic N) is 3. The first-order valence-corrected chi connectivity index (χ1v) is 12.4. The molecule has 0 bridgehead atoms. The number of benzene rings is 1. The van der Waals surface area contributed by atoms with Crippen molar-refractivity contribution in [3.05, 3.63) is 35.0 Å². The fourth-order valence-electron chi connectivity index (χ4n) is 4.55. The van der Waals surface area contributed by atoms with E-state index in [9.17, 15) is 22.3 Å². The second-order valence-electron chi connectivity index (χ2n) is 8.70. The summed E-state index contributed by atoms with van der Waals surface area (Å²) in [7, 11) is -3.41. The smallest absolute Gasteiger partial charge is 0.290 e. The molecule has 1 aromatic carbocycles. The lowest BCUT2D eigenvalue weighted by atomic mass is 9.97. The number of halogens is 2. The third-order valence-electron chi connectivity index (χ3n) is 6.40. The van der Waals surface area contributed by atoms with Crippen LogP contribution in [0.1, 0.15) is 42.6 Å². The summed E-state index contributed by atoms with van der Waals surface area (Å²) < 4.78 is 61.0. The van der Waals surface area contributed by atoms with E-state index in [0.29, 0.717) is 41.2 Å². The van der Waals surface area contributed by atoms with Gasteiger partial charge in [-0.1, -0.05) is 12.1 Å². The second-order valence-corrected chi connectivity index (χ2v) is 10.5. The fraction of sp³-hybridized carbons (Fsp3) is 0.524. The largest absolute Gasteiger partial charge is 0.493 e. The number of nitrogens with one attached hydrogen (secondary N) is 1. The fourth-order valence-corrected chi connectivity index (χ4v) is 5.31. The van der Waals surface area contributed by atoms with Crippen molar-refractivity contribution in [2.24, 2.45) is 0 Å². The average Bonchev–Trinajstić information content (AvgIpc) is 3.04. The highest BCUT2D eigenvalue weighted by atomic mass is 32.2. The molecule has 3 aliphatic rings. The Morgan fingerprint density at radius 1 is 1.31 bits per heavy atom. The number of fused-ring (bicyclic) bond motifs is 2. The van der Waals surface area contributed by atoms with E-state index < -0.39 is 28.1 Å². The number of sulfonamides is 1. The molecule has 1 fully saturated rings. The molecule has 11 heteroatoms. The molecular weight excluding hydrogens is 442 g/mol. The van der Waals surface area contributed by atoms with Crippen LogP contribution in [0.15, 0.2) is 18.2 Å². The van der Waals surface area contributed by atoms with Crippen molar-refractivity contribution >= 4 is 16.0 Å². The van der Waals surface area contributed by atoms with Crippen LogP contribution >= 0.6 is 0 Å². The normalized spacial score (nSPS) is 26.2. The molecular formula is C21H24F2N4O4S. The second kappa shape index (κ2) is 7.32. The van der Waals surface area contributed by atoms with Gasteiger partial charge >= 0.3 is 0 Å². The van der Waals surface area contributed by atoms with E-state index in [1.807, 2.05) is 0 Å². The van der Waals surface area contributed by atoms with Crippen LogP contribution in [0.5, 0.6) is 5.75 Å². The van der Waals surface area contributed by atoms with Gasteiger partial charge in [0.15, 0.2) is 0 Å². The minimum absolute atomic E-state index is 0.159. The van der Waals surface area contributed by atoms with Gasteiger partial charge in [-0.2, -0.15) is 8.78 Å². The minimum Gasteiger partial charge on any atom is -0.493 e. The summed E-state index contributed by atoms with van der Waals surface area (Å²) in [6, 6.07) is 4.56. The van der Waals surface area contributed by atoms with Crippen LogP contribution < -0.4 is 14.4 Å². The molecule has 2 N–H and O–H groups in total. The van der Waals surface area contributed by atoms with Crippen LogP contribution in [-0.2, 0) is 22.4 Å².